The van der Waals surface area contributed by atoms with Crippen LogP contribution in [-0.4, -0.2) is 60.7 Å². The van der Waals surface area contributed by atoms with Crippen LogP contribution in [0, 0.1) is 0 Å². The van der Waals surface area contributed by atoms with Crippen molar-refractivity contribution in [2.75, 3.05) is 38.0 Å². The normalized spacial score (nSPS) is 15.2. The molecule has 29 heavy (non-hydrogen) atoms. The summed E-state index contributed by atoms with van der Waals surface area (Å²) in [4.78, 5) is 29.2. The zero-order valence-corrected chi connectivity index (χ0v) is 16.3. The van der Waals surface area contributed by atoms with E-state index in [1.165, 1.54) is 12.1 Å². The van der Waals surface area contributed by atoms with E-state index in [0.717, 1.165) is 17.0 Å². The van der Waals surface area contributed by atoms with Crippen molar-refractivity contribution in [3.05, 3.63) is 46.7 Å². The number of carbonyl (C=O) groups excluding carboxylic acids is 2. The first-order chi connectivity index (χ1) is 13.8. The third kappa shape index (κ3) is 6.75. The number of thiophene rings is 1. The van der Waals surface area contributed by atoms with Gasteiger partial charge in [0.1, 0.15) is 5.75 Å². The highest BCUT2D eigenvalue weighted by atomic mass is 32.1. The molecule has 0 saturated carbocycles. The second-order valence-corrected chi connectivity index (χ2v) is 7.57. The smallest absolute Gasteiger partial charge is 0.406 e. The standard InChI is InChI=1S/C19H20F3N3O3S/c20-19(21,22)28-15-5-3-14(4-6-15)23-17(26)13-24-7-9-25(10-8-24)18(27)12-16-2-1-11-29-16/h1-6,11H,7-10,12-13H2,(H,23,26). The molecule has 6 nitrogen and oxygen atoms in total. The molecule has 3 rings (SSSR count). The number of nitrogens with zero attached hydrogens (tertiary/aromatic N) is 2. The predicted molar refractivity (Wildman–Crippen MR) is 103 cm³/mol. The molecule has 1 aliphatic rings. The molecule has 2 aromatic rings. The minimum absolute atomic E-state index is 0.0812. The third-order valence-corrected chi connectivity index (χ3v) is 5.25. The van der Waals surface area contributed by atoms with Crippen molar-refractivity contribution >= 4 is 28.8 Å². The molecule has 0 unspecified atom stereocenters. The predicted octanol–water partition coefficient (Wildman–Crippen LogP) is 2.97. The summed E-state index contributed by atoms with van der Waals surface area (Å²) < 4.78 is 40.3. The molecule has 2 amide bonds. The summed E-state index contributed by atoms with van der Waals surface area (Å²) >= 11 is 1.55. The molecule has 1 aliphatic heterocycles. The number of hydrogen-bond donors (Lipinski definition) is 1. The summed E-state index contributed by atoms with van der Waals surface area (Å²) in [6, 6.07) is 8.83. The number of halogens is 3. The van der Waals surface area contributed by atoms with E-state index in [2.05, 4.69) is 10.1 Å². The number of ether oxygens (including phenoxy) is 1. The number of rotatable bonds is 6. The molecule has 0 spiro atoms. The van der Waals surface area contributed by atoms with Gasteiger partial charge < -0.3 is 15.0 Å². The molecular formula is C19H20F3N3O3S. The van der Waals surface area contributed by atoms with Gasteiger partial charge in [-0.3, -0.25) is 14.5 Å². The first kappa shape index (κ1) is 21.1. The largest absolute Gasteiger partial charge is 0.573 e. The fourth-order valence-corrected chi connectivity index (χ4v) is 3.67. The van der Waals surface area contributed by atoms with Gasteiger partial charge in [0, 0.05) is 36.7 Å². The Morgan fingerprint density at radius 2 is 1.76 bits per heavy atom. The van der Waals surface area contributed by atoms with Crippen molar-refractivity contribution in [1.82, 2.24) is 9.80 Å². The maximum absolute atomic E-state index is 12.3. The lowest BCUT2D eigenvalue weighted by Crippen LogP contribution is -2.50. The number of piperazine rings is 1. The first-order valence-electron chi connectivity index (χ1n) is 8.97. The maximum atomic E-state index is 12.3. The lowest BCUT2D eigenvalue weighted by atomic mass is 10.2. The molecule has 2 heterocycles. The van der Waals surface area contributed by atoms with E-state index in [0.29, 0.717) is 38.3 Å². The Labute approximate surface area is 169 Å². The average Bonchev–Trinajstić information content (AvgIpc) is 3.15. The zero-order chi connectivity index (χ0) is 20.9. The zero-order valence-electron chi connectivity index (χ0n) is 15.4. The van der Waals surface area contributed by atoms with Gasteiger partial charge in [0.15, 0.2) is 0 Å². The van der Waals surface area contributed by atoms with E-state index in [1.807, 2.05) is 22.4 Å². The van der Waals surface area contributed by atoms with Crippen molar-refractivity contribution in [1.29, 1.82) is 0 Å². The number of nitrogens with one attached hydrogen (secondary N) is 1. The number of alkyl halides is 3. The van der Waals surface area contributed by atoms with Crippen molar-refractivity contribution in [2.24, 2.45) is 0 Å². The maximum Gasteiger partial charge on any atom is 0.573 e. The van der Waals surface area contributed by atoms with Gasteiger partial charge in [-0.25, -0.2) is 0 Å². The van der Waals surface area contributed by atoms with Crippen LogP contribution in [-0.2, 0) is 16.0 Å². The van der Waals surface area contributed by atoms with E-state index in [4.69, 9.17) is 0 Å². The number of carbonyl (C=O) groups is 2. The summed E-state index contributed by atoms with van der Waals surface area (Å²) in [5.74, 6) is -0.538. The Balaban J connectivity index is 1.41. The molecule has 156 valence electrons. The van der Waals surface area contributed by atoms with Crippen LogP contribution in [0.3, 0.4) is 0 Å². The molecule has 0 radical (unpaired) electrons. The molecule has 1 saturated heterocycles. The number of amides is 2. The van der Waals surface area contributed by atoms with Crippen LogP contribution in [0.5, 0.6) is 5.75 Å². The molecule has 1 N–H and O–H groups in total. The summed E-state index contributed by atoms with van der Waals surface area (Å²) in [7, 11) is 0. The van der Waals surface area contributed by atoms with Crippen molar-refractivity contribution in [3.8, 4) is 5.75 Å². The minimum atomic E-state index is -4.75. The van der Waals surface area contributed by atoms with Crippen LogP contribution in [0.4, 0.5) is 18.9 Å². The molecule has 10 heteroatoms. The van der Waals surface area contributed by atoms with Gasteiger partial charge in [0.2, 0.25) is 11.8 Å². The van der Waals surface area contributed by atoms with Crippen LogP contribution in [0.25, 0.3) is 0 Å². The van der Waals surface area contributed by atoms with E-state index in [9.17, 15) is 22.8 Å². The van der Waals surface area contributed by atoms with Crippen LogP contribution < -0.4 is 10.1 Å². The Morgan fingerprint density at radius 3 is 2.34 bits per heavy atom. The molecule has 1 aromatic heterocycles. The van der Waals surface area contributed by atoms with Crippen LogP contribution in [0.2, 0.25) is 0 Å². The van der Waals surface area contributed by atoms with Crippen molar-refractivity contribution in [2.45, 2.75) is 12.8 Å². The minimum Gasteiger partial charge on any atom is -0.406 e. The van der Waals surface area contributed by atoms with E-state index >= 15 is 0 Å². The third-order valence-electron chi connectivity index (χ3n) is 4.37. The van der Waals surface area contributed by atoms with Crippen LogP contribution in [0.1, 0.15) is 4.88 Å². The van der Waals surface area contributed by atoms with E-state index in [-0.39, 0.29) is 24.1 Å². The molecule has 1 aromatic carbocycles. The molecule has 1 fully saturated rings. The van der Waals surface area contributed by atoms with Crippen molar-refractivity contribution in [3.63, 3.8) is 0 Å². The monoisotopic (exact) mass is 427 g/mol. The highest BCUT2D eigenvalue weighted by Gasteiger charge is 2.31. The van der Waals surface area contributed by atoms with Gasteiger partial charge in [-0.1, -0.05) is 6.07 Å². The number of hydrogen-bond acceptors (Lipinski definition) is 5. The average molecular weight is 427 g/mol. The Bertz CT molecular complexity index is 817. The second kappa shape index (κ2) is 9.27. The highest BCUT2D eigenvalue weighted by molar-refractivity contribution is 7.10. The van der Waals surface area contributed by atoms with Gasteiger partial charge in [-0.05, 0) is 35.7 Å². The molecule has 0 atom stereocenters. The lowest BCUT2D eigenvalue weighted by Gasteiger charge is -2.34. The second-order valence-electron chi connectivity index (χ2n) is 6.53. The Morgan fingerprint density at radius 1 is 1.07 bits per heavy atom. The Kier molecular flexibility index (Phi) is 6.75. The van der Waals surface area contributed by atoms with Gasteiger partial charge >= 0.3 is 6.36 Å². The first-order valence-corrected chi connectivity index (χ1v) is 9.85. The fraction of sp³-hybridized carbons (Fsp3) is 0.368. The topological polar surface area (TPSA) is 61.9 Å². The highest BCUT2D eigenvalue weighted by Crippen LogP contribution is 2.24. The van der Waals surface area contributed by atoms with Crippen LogP contribution in [0.15, 0.2) is 41.8 Å². The van der Waals surface area contributed by atoms with Gasteiger partial charge in [-0.15, -0.1) is 24.5 Å². The number of anilines is 1. The number of benzene rings is 1. The Hall–Kier alpha value is -2.59. The molecular weight excluding hydrogens is 407 g/mol. The van der Waals surface area contributed by atoms with Gasteiger partial charge in [0.05, 0.1) is 13.0 Å². The van der Waals surface area contributed by atoms with E-state index < -0.39 is 6.36 Å². The fourth-order valence-electron chi connectivity index (χ4n) is 2.97. The summed E-state index contributed by atoms with van der Waals surface area (Å²) in [5, 5.41) is 4.59. The van der Waals surface area contributed by atoms with Gasteiger partial charge in [0.25, 0.3) is 0 Å². The van der Waals surface area contributed by atoms with Crippen LogP contribution >= 0.6 is 11.3 Å². The van der Waals surface area contributed by atoms with E-state index in [1.54, 1.807) is 16.2 Å². The SMILES string of the molecule is O=C(CN1CCN(C(=O)Cc2cccs2)CC1)Nc1ccc(OC(F)(F)F)cc1. The summed E-state index contributed by atoms with van der Waals surface area (Å²) in [6.07, 6.45) is -4.36. The molecule has 0 bridgehead atoms. The quantitative estimate of drug-likeness (QED) is 0.770. The molecule has 0 aliphatic carbocycles. The van der Waals surface area contributed by atoms with Crippen molar-refractivity contribution < 1.29 is 27.5 Å². The van der Waals surface area contributed by atoms with Gasteiger partial charge in [-0.2, -0.15) is 0 Å². The summed E-state index contributed by atoms with van der Waals surface area (Å²) in [6.45, 7) is 2.43. The lowest BCUT2D eigenvalue weighted by molar-refractivity contribution is -0.274. The summed E-state index contributed by atoms with van der Waals surface area (Å²) in [5.41, 5.74) is 0.384.